The molecule has 0 saturated heterocycles. The Balaban J connectivity index is 1.60. The van der Waals surface area contributed by atoms with Gasteiger partial charge in [0.25, 0.3) is 5.91 Å². The Morgan fingerprint density at radius 3 is 2.45 bits per heavy atom. The van der Waals surface area contributed by atoms with Gasteiger partial charge in [-0.05, 0) is 77.5 Å². The molecule has 2 aromatic carbocycles. The zero-order chi connectivity index (χ0) is 30.2. The average Bonchev–Trinajstić information content (AvgIpc) is 3.42. The number of carbonyl (C=O) groups excluding carboxylic acids is 2. The molecule has 2 aliphatic heterocycles. The number of ether oxygens (including phenoxy) is 4. The molecule has 2 aliphatic rings. The SMILES string of the molecule is C[C@H](CO)N1C[C@H](C)[C@H](CN(C)C)OCCCC[C@H](C)Oc2ccc(NC(=O)Nc3ccc4c(c3)OCO4)cc2C1=O. The number of nitrogens with one attached hydrogen (secondary N) is 2. The molecule has 3 amide bonds. The van der Waals surface area contributed by atoms with Gasteiger partial charge in [-0.3, -0.25) is 4.79 Å². The van der Waals surface area contributed by atoms with Crippen LogP contribution in [0.4, 0.5) is 16.2 Å². The lowest BCUT2D eigenvalue weighted by Crippen LogP contribution is -2.47. The number of fused-ring (bicyclic) bond motifs is 2. The minimum absolute atomic E-state index is 0.00497. The predicted octanol–water partition coefficient (Wildman–Crippen LogP) is 4.42. The second kappa shape index (κ2) is 14.6. The molecular weight excluding hydrogens is 540 g/mol. The molecule has 2 heterocycles. The summed E-state index contributed by atoms with van der Waals surface area (Å²) < 4.78 is 23.3. The van der Waals surface area contributed by atoms with Crippen molar-refractivity contribution in [2.45, 2.75) is 58.3 Å². The quantitative estimate of drug-likeness (QED) is 0.457. The van der Waals surface area contributed by atoms with E-state index in [1.807, 2.05) is 27.9 Å². The van der Waals surface area contributed by atoms with E-state index in [2.05, 4.69) is 22.5 Å². The number of rotatable bonds is 6. The lowest BCUT2D eigenvalue weighted by atomic mass is 10.0. The molecule has 0 saturated carbocycles. The third-order valence-corrected chi connectivity index (χ3v) is 7.48. The molecule has 11 nitrogen and oxygen atoms in total. The van der Waals surface area contributed by atoms with E-state index >= 15 is 0 Å². The van der Waals surface area contributed by atoms with Crippen LogP contribution in [0.25, 0.3) is 0 Å². The van der Waals surface area contributed by atoms with Crippen LogP contribution in [0.3, 0.4) is 0 Å². The van der Waals surface area contributed by atoms with Gasteiger partial charge < -0.3 is 44.5 Å². The van der Waals surface area contributed by atoms with Gasteiger partial charge in [0.1, 0.15) is 5.75 Å². The number of carbonyl (C=O) groups is 2. The highest BCUT2D eigenvalue weighted by molar-refractivity contribution is 6.02. The van der Waals surface area contributed by atoms with Gasteiger partial charge in [0, 0.05) is 43.1 Å². The molecule has 0 unspecified atom stereocenters. The molecular formula is C31H44N4O7. The Morgan fingerprint density at radius 2 is 1.74 bits per heavy atom. The maximum absolute atomic E-state index is 14.2. The summed E-state index contributed by atoms with van der Waals surface area (Å²) in [5.41, 5.74) is 1.28. The summed E-state index contributed by atoms with van der Waals surface area (Å²) in [7, 11) is 4.01. The summed E-state index contributed by atoms with van der Waals surface area (Å²) in [5.74, 6) is 1.34. The van der Waals surface area contributed by atoms with E-state index < -0.39 is 12.1 Å². The number of hydrogen-bond donors (Lipinski definition) is 3. The fourth-order valence-corrected chi connectivity index (χ4v) is 5.09. The van der Waals surface area contributed by atoms with Gasteiger partial charge in [-0.15, -0.1) is 0 Å². The molecule has 0 fully saturated rings. The smallest absolute Gasteiger partial charge is 0.323 e. The molecule has 0 aliphatic carbocycles. The summed E-state index contributed by atoms with van der Waals surface area (Å²) in [4.78, 5) is 30.8. The number of likely N-dealkylation sites (N-methyl/N-ethyl adjacent to an activating group) is 1. The minimum atomic E-state index is -0.477. The third kappa shape index (κ3) is 8.27. The van der Waals surface area contributed by atoms with Crippen LogP contribution in [0, 0.1) is 5.92 Å². The molecule has 0 aromatic heterocycles. The van der Waals surface area contributed by atoms with Crippen molar-refractivity contribution in [2.75, 3.05) is 57.8 Å². The standard InChI is InChI=1S/C31H44N4O7/c1-20-16-35(21(2)18-36)30(37)25-14-23(32-31(38)33-24-10-12-27-28(15-24)41-19-40-27)9-11-26(25)42-22(3)8-6-7-13-39-29(20)17-34(4)5/h9-12,14-15,20-22,29,36H,6-8,13,16-19H2,1-5H3,(H2,32,33,38)/t20-,21+,22-,29-/m0/s1. The van der Waals surface area contributed by atoms with E-state index in [1.165, 1.54) is 0 Å². The average molecular weight is 585 g/mol. The number of anilines is 2. The second-order valence-electron chi connectivity index (χ2n) is 11.4. The van der Waals surface area contributed by atoms with Crippen molar-refractivity contribution < 1.29 is 33.6 Å². The monoisotopic (exact) mass is 584 g/mol. The molecule has 2 aromatic rings. The van der Waals surface area contributed by atoms with Gasteiger partial charge in [-0.25, -0.2) is 4.79 Å². The third-order valence-electron chi connectivity index (χ3n) is 7.48. The van der Waals surface area contributed by atoms with Crippen LogP contribution in [0.1, 0.15) is 50.4 Å². The number of benzene rings is 2. The van der Waals surface area contributed by atoms with E-state index in [0.29, 0.717) is 47.3 Å². The molecule has 3 N–H and O–H groups in total. The molecule has 11 heteroatoms. The Labute approximate surface area is 248 Å². The molecule has 4 atom stereocenters. The second-order valence-corrected chi connectivity index (χ2v) is 11.4. The van der Waals surface area contributed by atoms with Crippen molar-refractivity contribution in [3.63, 3.8) is 0 Å². The van der Waals surface area contributed by atoms with E-state index in [4.69, 9.17) is 18.9 Å². The predicted molar refractivity (Wildman–Crippen MR) is 161 cm³/mol. The lowest BCUT2D eigenvalue weighted by molar-refractivity contribution is -0.0137. The number of aliphatic hydroxyl groups excluding tert-OH is 1. The topological polar surface area (TPSA) is 122 Å². The fourth-order valence-electron chi connectivity index (χ4n) is 5.09. The van der Waals surface area contributed by atoms with Crippen molar-refractivity contribution in [2.24, 2.45) is 5.92 Å². The first-order valence-corrected chi connectivity index (χ1v) is 14.6. The van der Waals surface area contributed by atoms with E-state index in [1.54, 1.807) is 41.3 Å². The fraction of sp³-hybridized carbons (Fsp3) is 0.548. The van der Waals surface area contributed by atoms with Crippen LogP contribution in [-0.4, -0.2) is 92.3 Å². The summed E-state index contributed by atoms with van der Waals surface area (Å²) >= 11 is 0. The Kier molecular flexibility index (Phi) is 10.9. The first-order chi connectivity index (χ1) is 20.1. The zero-order valence-electron chi connectivity index (χ0n) is 25.2. The molecule has 0 radical (unpaired) electrons. The zero-order valence-corrected chi connectivity index (χ0v) is 25.2. The Bertz CT molecular complexity index is 1220. The van der Waals surface area contributed by atoms with E-state index in [-0.39, 0.29) is 37.4 Å². The number of hydrogen-bond acceptors (Lipinski definition) is 8. The lowest BCUT2D eigenvalue weighted by Gasteiger charge is -2.35. The van der Waals surface area contributed by atoms with Crippen molar-refractivity contribution >= 4 is 23.3 Å². The maximum atomic E-state index is 14.2. The summed E-state index contributed by atoms with van der Waals surface area (Å²) in [6.07, 6.45) is 2.44. The summed E-state index contributed by atoms with van der Waals surface area (Å²) in [6.45, 7) is 7.57. The van der Waals surface area contributed by atoms with Gasteiger partial charge in [-0.2, -0.15) is 0 Å². The van der Waals surface area contributed by atoms with Crippen molar-refractivity contribution in [3.8, 4) is 17.2 Å². The number of nitrogens with zero attached hydrogens (tertiary/aromatic N) is 2. The van der Waals surface area contributed by atoms with Crippen LogP contribution in [0.2, 0.25) is 0 Å². The minimum Gasteiger partial charge on any atom is -0.490 e. The largest absolute Gasteiger partial charge is 0.490 e. The number of urea groups is 1. The van der Waals surface area contributed by atoms with Crippen LogP contribution in [0.5, 0.6) is 17.2 Å². The van der Waals surface area contributed by atoms with Crippen LogP contribution in [0.15, 0.2) is 36.4 Å². The van der Waals surface area contributed by atoms with E-state index in [0.717, 1.165) is 25.8 Å². The first kappa shape index (κ1) is 31.4. The Hall–Kier alpha value is -3.54. The van der Waals surface area contributed by atoms with Gasteiger partial charge in [-0.1, -0.05) is 6.92 Å². The highest BCUT2D eigenvalue weighted by Crippen LogP contribution is 2.34. The molecule has 42 heavy (non-hydrogen) atoms. The van der Waals surface area contributed by atoms with Crippen LogP contribution in [-0.2, 0) is 4.74 Å². The van der Waals surface area contributed by atoms with Gasteiger partial charge >= 0.3 is 6.03 Å². The van der Waals surface area contributed by atoms with E-state index in [9.17, 15) is 14.7 Å². The van der Waals surface area contributed by atoms with Crippen LogP contribution < -0.4 is 24.8 Å². The highest BCUT2D eigenvalue weighted by atomic mass is 16.7. The Morgan fingerprint density at radius 1 is 1.05 bits per heavy atom. The molecule has 230 valence electrons. The molecule has 0 bridgehead atoms. The highest BCUT2D eigenvalue weighted by Gasteiger charge is 2.30. The van der Waals surface area contributed by atoms with Gasteiger partial charge in [0.15, 0.2) is 11.5 Å². The van der Waals surface area contributed by atoms with Crippen LogP contribution >= 0.6 is 0 Å². The number of amides is 3. The van der Waals surface area contributed by atoms with Crippen molar-refractivity contribution in [1.82, 2.24) is 9.80 Å². The van der Waals surface area contributed by atoms with Crippen molar-refractivity contribution in [1.29, 1.82) is 0 Å². The summed E-state index contributed by atoms with van der Waals surface area (Å²) in [6, 6.07) is 9.28. The normalized spacial score (nSPS) is 22.1. The first-order valence-electron chi connectivity index (χ1n) is 14.6. The van der Waals surface area contributed by atoms with Gasteiger partial charge in [0.2, 0.25) is 6.79 Å². The summed E-state index contributed by atoms with van der Waals surface area (Å²) in [5, 5.41) is 15.7. The number of aliphatic hydroxyl groups is 1. The molecule has 4 rings (SSSR count). The van der Waals surface area contributed by atoms with Crippen molar-refractivity contribution in [3.05, 3.63) is 42.0 Å². The maximum Gasteiger partial charge on any atom is 0.323 e. The molecule has 0 spiro atoms. The van der Waals surface area contributed by atoms with Gasteiger partial charge in [0.05, 0.1) is 30.4 Å².